The number of rotatable bonds is 7. The summed E-state index contributed by atoms with van der Waals surface area (Å²) in [5.41, 5.74) is 0.918. The van der Waals surface area contributed by atoms with Crippen LogP contribution in [0.15, 0.2) is 18.2 Å². The van der Waals surface area contributed by atoms with Gasteiger partial charge in [-0.1, -0.05) is 32.8 Å². The van der Waals surface area contributed by atoms with E-state index in [0.717, 1.165) is 12.1 Å². The summed E-state index contributed by atoms with van der Waals surface area (Å²) >= 11 is 0. The number of benzene rings is 1. The summed E-state index contributed by atoms with van der Waals surface area (Å²) in [5, 5.41) is 13.4. The Morgan fingerprint density at radius 3 is 2.44 bits per heavy atom. The summed E-state index contributed by atoms with van der Waals surface area (Å²) in [5.74, 6) is 1.68. The number of ether oxygens (including phenoxy) is 1. The van der Waals surface area contributed by atoms with Crippen molar-refractivity contribution in [1.29, 1.82) is 0 Å². The van der Waals surface area contributed by atoms with Crippen molar-refractivity contribution < 1.29 is 9.84 Å². The van der Waals surface area contributed by atoms with Crippen molar-refractivity contribution in [3.63, 3.8) is 0 Å². The fraction of sp³-hybridized carbons (Fsp3) is 0.600. The molecular weight excluding hydrogens is 226 g/mol. The van der Waals surface area contributed by atoms with Gasteiger partial charge in [-0.2, -0.15) is 0 Å². The van der Waals surface area contributed by atoms with E-state index >= 15 is 0 Å². The van der Waals surface area contributed by atoms with E-state index in [4.69, 9.17) is 4.74 Å². The second-order valence-electron chi connectivity index (χ2n) is 4.74. The number of hydrogen-bond acceptors (Lipinski definition) is 3. The monoisotopic (exact) mass is 251 g/mol. The van der Waals surface area contributed by atoms with Gasteiger partial charge < -0.3 is 15.2 Å². The molecule has 0 saturated carbocycles. The normalized spacial score (nSPS) is 12.7. The second kappa shape index (κ2) is 7.27. The van der Waals surface area contributed by atoms with Gasteiger partial charge in [0.2, 0.25) is 0 Å². The number of aromatic hydroxyl groups is 1. The average molecular weight is 251 g/mol. The molecule has 0 aliphatic rings. The molecule has 0 aromatic heterocycles. The maximum atomic E-state index is 9.95. The standard InChI is InChI=1S/C15H25NO2/c1-5-12(6-2)10-16-11(3)14-8-7-13(18-4)9-15(14)17/h7-9,11-12,16-17H,5-6,10H2,1-4H3. The zero-order valence-corrected chi connectivity index (χ0v) is 11.9. The van der Waals surface area contributed by atoms with Gasteiger partial charge in [0.25, 0.3) is 0 Å². The van der Waals surface area contributed by atoms with Gasteiger partial charge in [0.1, 0.15) is 11.5 Å². The van der Waals surface area contributed by atoms with Crippen LogP contribution in [0.1, 0.15) is 45.2 Å². The molecule has 0 aliphatic heterocycles. The quantitative estimate of drug-likeness (QED) is 0.779. The third-order valence-electron chi connectivity index (χ3n) is 3.57. The number of phenolic OH excluding ortho intramolecular Hbond substituents is 1. The van der Waals surface area contributed by atoms with E-state index in [1.165, 1.54) is 12.8 Å². The topological polar surface area (TPSA) is 41.5 Å². The molecule has 0 radical (unpaired) electrons. The van der Waals surface area contributed by atoms with E-state index in [2.05, 4.69) is 26.1 Å². The first-order valence-electron chi connectivity index (χ1n) is 6.72. The third kappa shape index (κ3) is 3.91. The van der Waals surface area contributed by atoms with E-state index in [1.54, 1.807) is 13.2 Å². The number of nitrogens with one attached hydrogen (secondary N) is 1. The Labute approximate surface area is 110 Å². The molecule has 1 unspecified atom stereocenters. The molecule has 1 aromatic carbocycles. The molecule has 0 fully saturated rings. The van der Waals surface area contributed by atoms with Crippen molar-refractivity contribution in [2.75, 3.05) is 13.7 Å². The SMILES string of the molecule is CCC(CC)CNC(C)c1ccc(OC)cc1O. The van der Waals surface area contributed by atoms with Crippen LogP contribution in [0, 0.1) is 5.92 Å². The van der Waals surface area contributed by atoms with Gasteiger partial charge in [0.05, 0.1) is 7.11 Å². The van der Waals surface area contributed by atoms with Crippen molar-refractivity contribution in [2.24, 2.45) is 5.92 Å². The Hall–Kier alpha value is -1.22. The lowest BCUT2D eigenvalue weighted by Crippen LogP contribution is -2.25. The molecule has 0 heterocycles. The highest BCUT2D eigenvalue weighted by atomic mass is 16.5. The van der Waals surface area contributed by atoms with E-state index in [-0.39, 0.29) is 6.04 Å². The molecule has 18 heavy (non-hydrogen) atoms. The lowest BCUT2D eigenvalue weighted by molar-refractivity contribution is 0.396. The average Bonchev–Trinajstić information content (AvgIpc) is 2.39. The number of phenols is 1. The van der Waals surface area contributed by atoms with Gasteiger partial charge in [0.15, 0.2) is 0 Å². The molecule has 1 atom stereocenters. The summed E-state index contributed by atoms with van der Waals surface area (Å²) in [7, 11) is 1.60. The summed E-state index contributed by atoms with van der Waals surface area (Å²) < 4.78 is 5.08. The van der Waals surface area contributed by atoms with Crippen LogP contribution < -0.4 is 10.1 Å². The summed E-state index contributed by atoms with van der Waals surface area (Å²) in [6.45, 7) is 7.49. The van der Waals surface area contributed by atoms with Crippen LogP contribution in [-0.4, -0.2) is 18.8 Å². The molecule has 0 bridgehead atoms. The maximum Gasteiger partial charge on any atom is 0.124 e. The fourth-order valence-corrected chi connectivity index (χ4v) is 2.05. The van der Waals surface area contributed by atoms with Gasteiger partial charge in [-0.3, -0.25) is 0 Å². The molecular formula is C15H25NO2. The molecule has 0 spiro atoms. The lowest BCUT2D eigenvalue weighted by Gasteiger charge is -2.20. The van der Waals surface area contributed by atoms with Gasteiger partial charge in [-0.05, 0) is 25.5 Å². The van der Waals surface area contributed by atoms with Gasteiger partial charge in [-0.25, -0.2) is 0 Å². The summed E-state index contributed by atoms with van der Waals surface area (Å²) in [4.78, 5) is 0. The van der Waals surface area contributed by atoms with Crippen molar-refractivity contribution in [2.45, 2.75) is 39.7 Å². The van der Waals surface area contributed by atoms with Crippen LogP contribution in [-0.2, 0) is 0 Å². The first-order chi connectivity index (χ1) is 8.62. The predicted molar refractivity (Wildman–Crippen MR) is 75.1 cm³/mol. The number of methoxy groups -OCH3 is 1. The highest BCUT2D eigenvalue weighted by Gasteiger charge is 2.12. The Bertz CT molecular complexity index is 362. The zero-order valence-electron chi connectivity index (χ0n) is 11.9. The first kappa shape index (κ1) is 14.8. The Morgan fingerprint density at radius 2 is 1.94 bits per heavy atom. The smallest absolute Gasteiger partial charge is 0.124 e. The third-order valence-corrected chi connectivity index (χ3v) is 3.57. The van der Waals surface area contributed by atoms with Crippen molar-refractivity contribution in [3.05, 3.63) is 23.8 Å². The van der Waals surface area contributed by atoms with Crippen LogP contribution >= 0.6 is 0 Å². The Kier molecular flexibility index (Phi) is 5.99. The van der Waals surface area contributed by atoms with Crippen molar-refractivity contribution >= 4 is 0 Å². The maximum absolute atomic E-state index is 9.95. The van der Waals surface area contributed by atoms with Crippen LogP contribution in [0.25, 0.3) is 0 Å². The highest BCUT2D eigenvalue weighted by molar-refractivity contribution is 5.41. The molecule has 1 rings (SSSR count). The molecule has 1 aromatic rings. The van der Waals surface area contributed by atoms with E-state index in [0.29, 0.717) is 17.4 Å². The molecule has 0 aliphatic carbocycles. The molecule has 0 saturated heterocycles. The predicted octanol–water partition coefficient (Wildman–Crippen LogP) is 3.49. The fourth-order valence-electron chi connectivity index (χ4n) is 2.05. The second-order valence-corrected chi connectivity index (χ2v) is 4.74. The largest absolute Gasteiger partial charge is 0.507 e. The van der Waals surface area contributed by atoms with Crippen molar-refractivity contribution in [3.8, 4) is 11.5 Å². The minimum atomic E-state index is 0.150. The summed E-state index contributed by atoms with van der Waals surface area (Å²) in [6.07, 6.45) is 2.37. The molecule has 3 heteroatoms. The first-order valence-corrected chi connectivity index (χ1v) is 6.72. The van der Waals surface area contributed by atoms with E-state index in [1.807, 2.05) is 12.1 Å². The Balaban J connectivity index is 2.63. The lowest BCUT2D eigenvalue weighted by atomic mass is 10.0. The molecule has 0 amide bonds. The van der Waals surface area contributed by atoms with Gasteiger partial charge in [0, 0.05) is 17.7 Å². The van der Waals surface area contributed by atoms with Crippen molar-refractivity contribution in [1.82, 2.24) is 5.32 Å². The van der Waals surface area contributed by atoms with Crippen LogP contribution in [0.5, 0.6) is 11.5 Å². The molecule has 2 N–H and O–H groups in total. The Morgan fingerprint density at radius 1 is 1.28 bits per heavy atom. The van der Waals surface area contributed by atoms with E-state index < -0.39 is 0 Å². The molecule has 3 nitrogen and oxygen atoms in total. The van der Waals surface area contributed by atoms with Gasteiger partial charge >= 0.3 is 0 Å². The van der Waals surface area contributed by atoms with Crippen LogP contribution in [0.4, 0.5) is 0 Å². The van der Waals surface area contributed by atoms with E-state index in [9.17, 15) is 5.11 Å². The zero-order chi connectivity index (χ0) is 13.5. The highest BCUT2D eigenvalue weighted by Crippen LogP contribution is 2.28. The van der Waals surface area contributed by atoms with Crippen LogP contribution in [0.2, 0.25) is 0 Å². The van der Waals surface area contributed by atoms with Gasteiger partial charge in [-0.15, -0.1) is 0 Å². The summed E-state index contributed by atoms with van der Waals surface area (Å²) in [6, 6.07) is 5.60. The van der Waals surface area contributed by atoms with Crippen LogP contribution in [0.3, 0.4) is 0 Å². The minimum Gasteiger partial charge on any atom is -0.507 e. The number of hydrogen-bond donors (Lipinski definition) is 2. The molecule has 102 valence electrons. The minimum absolute atomic E-state index is 0.150.